The second kappa shape index (κ2) is 7.18. The first-order valence-corrected chi connectivity index (χ1v) is 10.0. The number of carbonyl (C=O) groups is 1. The minimum absolute atomic E-state index is 0.0107. The van der Waals surface area contributed by atoms with Crippen molar-refractivity contribution in [3.8, 4) is 10.6 Å². The number of thiazole rings is 1. The molecule has 11 heteroatoms. The van der Waals surface area contributed by atoms with E-state index in [-0.39, 0.29) is 38.1 Å². The Bertz CT molecular complexity index is 1030. The summed E-state index contributed by atoms with van der Waals surface area (Å²) < 4.78 is 11.5. The lowest BCUT2D eigenvalue weighted by Crippen LogP contribution is -2.46. The number of anilines is 1. The Labute approximate surface area is 173 Å². The van der Waals surface area contributed by atoms with Crippen LogP contribution in [-0.2, 0) is 4.74 Å². The molecule has 142 valence electrons. The lowest BCUT2D eigenvalue weighted by Gasteiger charge is -2.37. The van der Waals surface area contributed by atoms with Crippen molar-refractivity contribution >= 4 is 69.2 Å². The standard InChI is InChI=1S/C16H13Cl3N4O3S/c1-6-3-23(4-7(2)25-6)12-8(5-24)20-10-11(22-26-13(10)9(12)17)14-15(18)21-16(19)27-14/h5-7H,3-4H2,1-2H3/t6-,7+. The van der Waals surface area contributed by atoms with Crippen LogP contribution in [-0.4, -0.2) is 46.7 Å². The second-order valence-corrected chi connectivity index (χ2v) is 8.55. The van der Waals surface area contributed by atoms with Gasteiger partial charge in [0.1, 0.15) is 16.2 Å². The highest BCUT2D eigenvalue weighted by molar-refractivity contribution is 7.19. The molecule has 0 aromatic carbocycles. The lowest BCUT2D eigenvalue weighted by atomic mass is 10.1. The zero-order valence-corrected chi connectivity index (χ0v) is 17.3. The summed E-state index contributed by atoms with van der Waals surface area (Å²) in [5, 5.41) is 4.50. The van der Waals surface area contributed by atoms with Crippen LogP contribution in [0.2, 0.25) is 14.6 Å². The average molecular weight is 448 g/mol. The monoisotopic (exact) mass is 446 g/mol. The third kappa shape index (κ3) is 3.30. The van der Waals surface area contributed by atoms with Crippen LogP contribution in [0.3, 0.4) is 0 Å². The highest BCUT2D eigenvalue weighted by Crippen LogP contribution is 2.42. The molecule has 1 fully saturated rings. The van der Waals surface area contributed by atoms with Crippen LogP contribution in [0, 0.1) is 0 Å². The maximum absolute atomic E-state index is 11.8. The Morgan fingerprint density at radius 1 is 1.19 bits per heavy atom. The Balaban J connectivity index is 1.89. The van der Waals surface area contributed by atoms with Gasteiger partial charge in [-0.3, -0.25) is 4.79 Å². The number of morpholine rings is 1. The number of pyridine rings is 1. The van der Waals surface area contributed by atoms with E-state index in [4.69, 9.17) is 44.1 Å². The summed E-state index contributed by atoms with van der Waals surface area (Å²) in [6, 6.07) is 0. The highest BCUT2D eigenvalue weighted by Gasteiger charge is 2.30. The molecule has 0 spiro atoms. The van der Waals surface area contributed by atoms with Crippen molar-refractivity contribution in [3.63, 3.8) is 0 Å². The van der Waals surface area contributed by atoms with E-state index in [9.17, 15) is 4.79 Å². The molecule has 1 aliphatic heterocycles. The van der Waals surface area contributed by atoms with E-state index in [2.05, 4.69) is 15.1 Å². The first-order valence-electron chi connectivity index (χ1n) is 8.05. The molecule has 4 heterocycles. The molecular formula is C16H13Cl3N4O3S. The lowest BCUT2D eigenvalue weighted by molar-refractivity contribution is -0.00526. The minimum Gasteiger partial charge on any atom is -0.372 e. The number of fused-ring (bicyclic) bond motifs is 1. The zero-order valence-electron chi connectivity index (χ0n) is 14.2. The van der Waals surface area contributed by atoms with Gasteiger partial charge in [-0.05, 0) is 13.8 Å². The molecule has 0 bridgehead atoms. The van der Waals surface area contributed by atoms with Gasteiger partial charge in [-0.25, -0.2) is 9.97 Å². The van der Waals surface area contributed by atoms with Gasteiger partial charge in [0.15, 0.2) is 21.6 Å². The zero-order chi connectivity index (χ0) is 19.3. The number of halogens is 3. The topological polar surface area (TPSA) is 81.4 Å². The van der Waals surface area contributed by atoms with E-state index >= 15 is 0 Å². The van der Waals surface area contributed by atoms with Crippen LogP contribution in [0.15, 0.2) is 4.52 Å². The molecule has 1 aliphatic rings. The first kappa shape index (κ1) is 18.9. The molecule has 0 N–H and O–H groups in total. The van der Waals surface area contributed by atoms with Gasteiger partial charge in [0.05, 0.1) is 22.8 Å². The van der Waals surface area contributed by atoms with Gasteiger partial charge in [0.2, 0.25) is 5.58 Å². The quantitative estimate of drug-likeness (QED) is 0.537. The molecule has 0 amide bonds. The van der Waals surface area contributed by atoms with E-state index in [0.717, 1.165) is 11.3 Å². The van der Waals surface area contributed by atoms with Gasteiger partial charge >= 0.3 is 0 Å². The number of aromatic nitrogens is 3. The second-order valence-electron chi connectivity index (χ2n) is 6.24. The molecular weight excluding hydrogens is 435 g/mol. The maximum Gasteiger partial charge on any atom is 0.206 e. The summed E-state index contributed by atoms with van der Waals surface area (Å²) in [4.78, 5) is 22.7. The van der Waals surface area contributed by atoms with Gasteiger partial charge in [0.25, 0.3) is 0 Å². The SMILES string of the molecule is C[C@@H]1CN(c2c(C=O)nc3c(-c4sc(Cl)nc4Cl)noc3c2Cl)C[C@H](C)O1. The van der Waals surface area contributed by atoms with Crippen LogP contribution in [0.4, 0.5) is 5.69 Å². The smallest absolute Gasteiger partial charge is 0.206 e. The van der Waals surface area contributed by atoms with Crippen molar-refractivity contribution in [1.29, 1.82) is 0 Å². The predicted molar refractivity (Wildman–Crippen MR) is 106 cm³/mol. The number of carbonyl (C=O) groups excluding carboxylic acids is 1. The molecule has 1 saturated heterocycles. The van der Waals surface area contributed by atoms with E-state index in [1.54, 1.807) is 0 Å². The van der Waals surface area contributed by atoms with Crippen LogP contribution < -0.4 is 4.90 Å². The van der Waals surface area contributed by atoms with Crippen LogP contribution in [0.25, 0.3) is 21.7 Å². The van der Waals surface area contributed by atoms with Crippen molar-refractivity contribution in [2.24, 2.45) is 0 Å². The van der Waals surface area contributed by atoms with E-state index in [1.165, 1.54) is 0 Å². The van der Waals surface area contributed by atoms with Gasteiger partial charge in [-0.2, -0.15) is 0 Å². The van der Waals surface area contributed by atoms with Gasteiger partial charge < -0.3 is 14.2 Å². The molecule has 0 saturated carbocycles. The van der Waals surface area contributed by atoms with E-state index < -0.39 is 0 Å². The van der Waals surface area contributed by atoms with Gasteiger partial charge in [0, 0.05) is 13.1 Å². The molecule has 0 aliphatic carbocycles. The van der Waals surface area contributed by atoms with Crippen LogP contribution in [0.5, 0.6) is 0 Å². The molecule has 4 rings (SSSR count). The summed E-state index contributed by atoms with van der Waals surface area (Å²) >= 11 is 19.8. The number of rotatable bonds is 3. The summed E-state index contributed by atoms with van der Waals surface area (Å²) in [5.74, 6) is 0. The Morgan fingerprint density at radius 2 is 1.89 bits per heavy atom. The number of hydrogen-bond acceptors (Lipinski definition) is 8. The van der Waals surface area contributed by atoms with Crippen molar-refractivity contribution in [2.45, 2.75) is 26.1 Å². The Morgan fingerprint density at radius 3 is 2.48 bits per heavy atom. The third-order valence-corrected chi connectivity index (χ3v) is 6.07. The van der Waals surface area contributed by atoms with Crippen molar-refractivity contribution in [3.05, 3.63) is 20.3 Å². The molecule has 27 heavy (non-hydrogen) atoms. The number of hydrogen-bond donors (Lipinski definition) is 0. The normalized spacial score (nSPS) is 20.4. The Hall–Kier alpha value is -1.45. The summed E-state index contributed by atoms with van der Waals surface area (Å²) in [6.45, 7) is 5.08. The first-order chi connectivity index (χ1) is 12.9. The van der Waals surface area contributed by atoms with E-state index in [1.807, 2.05) is 18.7 Å². The molecule has 3 aromatic heterocycles. The van der Waals surface area contributed by atoms with Gasteiger partial charge in [-0.15, -0.1) is 0 Å². The van der Waals surface area contributed by atoms with E-state index in [0.29, 0.717) is 41.2 Å². The predicted octanol–water partition coefficient (Wildman–Crippen LogP) is 4.73. The van der Waals surface area contributed by atoms with Gasteiger partial charge in [-0.1, -0.05) is 51.3 Å². The molecule has 0 unspecified atom stereocenters. The molecule has 7 nitrogen and oxygen atoms in total. The summed E-state index contributed by atoms with van der Waals surface area (Å²) in [5.41, 5.74) is 1.67. The van der Waals surface area contributed by atoms with Crippen LogP contribution >= 0.6 is 46.1 Å². The third-order valence-electron chi connectivity index (χ3n) is 4.17. The maximum atomic E-state index is 11.8. The fraction of sp³-hybridized carbons (Fsp3) is 0.375. The number of ether oxygens (including phenoxy) is 1. The average Bonchev–Trinajstić information content (AvgIpc) is 3.16. The van der Waals surface area contributed by atoms with Crippen molar-refractivity contribution in [2.75, 3.05) is 18.0 Å². The van der Waals surface area contributed by atoms with Crippen LogP contribution in [0.1, 0.15) is 24.3 Å². The summed E-state index contributed by atoms with van der Waals surface area (Å²) in [7, 11) is 0. The van der Waals surface area contributed by atoms with Crippen molar-refractivity contribution in [1.82, 2.24) is 15.1 Å². The minimum atomic E-state index is -0.0107. The molecule has 3 aromatic rings. The number of nitrogens with zero attached hydrogens (tertiary/aromatic N) is 4. The fourth-order valence-corrected chi connectivity index (χ4v) is 4.95. The summed E-state index contributed by atoms with van der Waals surface area (Å²) in [6.07, 6.45) is 0.649. The molecule has 0 radical (unpaired) electrons. The fourth-order valence-electron chi connectivity index (χ4n) is 3.24. The Kier molecular flexibility index (Phi) is 5.02. The highest BCUT2D eigenvalue weighted by atomic mass is 35.5. The van der Waals surface area contributed by atoms with Crippen molar-refractivity contribution < 1.29 is 14.1 Å². The number of aldehydes is 1. The largest absolute Gasteiger partial charge is 0.372 e. The molecule has 2 atom stereocenters.